The molecular weight excluding hydrogens is 394 g/mol. The van der Waals surface area contributed by atoms with E-state index in [1.54, 1.807) is 0 Å². The van der Waals surface area contributed by atoms with Crippen LogP contribution < -0.4 is 21.7 Å². The number of nitrogens with zero attached hydrogens (tertiary/aromatic N) is 1. The summed E-state index contributed by atoms with van der Waals surface area (Å²) in [5.74, 6) is -3.71. The van der Waals surface area contributed by atoms with E-state index >= 15 is 0 Å². The van der Waals surface area contributed by atoms with Crippen molar-refractivity contribution in [1.29, 1.82) is 0 Å². The first-order valence-electron chi connectivity index (χ1n) is 10.3. The van der Waals surface area contributed by atoms with E-state index in [4.69, 9.17) is 5.73 Å². The summed E-state index contributed by atoms with van der Waals surface area (Å²) in [7, 11) is 0. The number of hydrogen-bond donors (Lipinski definition) is 5. The molecule has 2 heterocycles. The van der Waals surface area contributed by atoms with Crippen molar-refractivity contribution in [2.75, 3.05) is 13.1 Å². The van der Waals surface area contributed by atoms with E-state index in [0.717, 1.165) is 13.0 Å². The minimum absolute atomic E-state index is 0.200. The number of nitrogens with two attached hydrogens (primary N) is 1. The highest BCUT2D eigenvalue weighted by Crippen LogP contribution is 2.21. The van der Waals surface area contributed by atoms with Crippen molar-refractivity contribution < 1.29 is 29.1 Å². The molecule has 2 aliphatic rings. The molecule has 0 radical (unpaired) electrons. The van der Waals surface area contributed by atoms with Crippen LogP contribution in [0.4, 0.5) is 0 Å². The van der Waals surface area contributed by atoms with Gasteiger partial charge in [-0.3, -0.25) is 19.2 Å². The van der Waals surface area contributed by atoms with Gasteiger partial charge < -0.3 is 31.7 Å². The molecule has 0 aliphatic carbocycles. The lowest BCUT2D eigenvalue weighted by Gasteiger charge is -2.31. The molecule has 11 heteroatoms. The first-order valence-corrected chi connectivity index (χ1v) is 10.3. The molecule has 2 fully saturated rings. The minimum Gasteiger partial charge on any atom is -0.480 e. The second-order valence-electron chi connectivity index (χ2n) is 8.14. The third-order valence-corrected chi connectivity index (χ3v) is 5.47. The molecule has 0 aromatic carbocycles. The number of primary amides is 1. The third kappa shape index (κ3) is 5.91. The summed E-state index contributed by atoms with van der Waals surface area (Å²) in [4.78, 5) is 62.1. The van der Waals surface area contributed by atoms with E-state index in [-0.39, 0.29) is 23.8 Å². The number of aliphatic carboxylic acids is 1. The van der Waals surface area contributed by atoms with Crippen LogP contribution in [-0.2, 0) is 24.0 Å². The molecule has 168 valence electrons. The Kier molecular flexibility index (Phi) is 8.16. The SMILES string of the molecule is CC(C)C(NC(=O)C1CCCN1)C(=O)N1CCCC1C(=O)NC(CC(N)=O)C(=O)O. The zero-order valence-corrected chi connectivity index (χ0v) is 17.3. The zero-order chi connectivity index (χ0) is 22.4. The standard InChI is InChI=1S/C19H31N5O6/c1-10(2)15(23-16(26)11-5-3-7-21-11)18(28)24-8-4-6-13(24)17(27)22-12(19(29)30)9-14(20)25/h10-13,15,21H,3-9H2,1-2H3,(H2,20,25)(H,22,27)(H,23,26)(H,29,30). The van der Waals surface area contributed by atoms with Gasteiger partial charge in [0, 0.05) is 6.54 Å². The van der Waals surface area contributed by atoms with E-state index in [0.29, 0.717) is 25.8 Å². The molecule has 4 amide bonds. The van der Waals surface area contributed by atoms with Crippen molar-refractivity contribution in [3.63, 3.8) is 0 Å². The van der Waals surface area contributed by atoms with Crippen LogP contribution in [0.1, 0.15) is 46.0 Å². The molecule has 0 spiro atoms. The summed E-state index contributed by atoms with van der Waals surface area (Å²) < 4.78 is 0. The predicted octanol–water partition coefficient (Wildman–Crippen LogP) is -1.68. The van der Waals surface area contributed by atoms with Crippen LogP contribution in [0.2, 0.25) is 0 Å². The average molecular weight is 425 g/mol. The Labute approximate surface area is 175 Å². The van der Waals surface area contributed by atoms with Crippen molar-refractivity contribution in [3.8, 4) is 0 Å². The zero-order valence-electron chi connectivity index (χ0n) is 17.3. The lowest BCUT2D eigenvalue weighted by Crippen LogP contribution is -2.58. The Hall–Kier alpha value is -2.69. The van der Waals surface area contributed by atoms with E-state index in [9.17, 15) is 29.1 Å². The number of carboxylic acid groups (broad SMARTS) is 1. The highest BCUT2D eigenvalue weighted by Gasteiger charge is 2.40. The number of rotatable bonds is 9. The van der Waals surface area contributed by atoms with E-state index in [1.165, 1.54) is 4.90 Å². The maximum absolute atomic E-state index is 13.2. The Bertz CT molecular complexity index is 691. The van der Waals surface area contributed by atoms with Gasteiger partial charge in [0.1, 0.15) is 18.1 Å². The quantitative estimate of drug-likeness (QED) is 0.293. The smallest absolute Gasteiger partial charge is 0.326 e. The number of amides is 4. The number of carboxylic acids is 1. The van der Waals surface area contributed by atoms with Gasteiger partial charge in [0.05, 0.1) is 12.5 Å². The van der Waals surface area contributed by atoms with Crippen molar-refractivity contribution in [2.45, 2.75) is 70.1 Å². The van der Waals surface area contributed by atoms with Crippen LogP contribution in [0.3, 0.4) is 0 Å². The number of carbonyl (C=O) groups is 5. The van der Waals surface area contributed by atoms with Gasteiger partial charge in [-0.15, -0.1) is 0 Å². The minimum atomic E-state index is -1.46. The van der Waals surface area contributed by atoms with Crippen molar-refractivity contribution in [2.24, 2.45) is 11.7 Å². The normalized spacial score (nSPS) is 23.1. The molecule has 0 aromatic heterocycles. The van der Waals surface area contributed by atoms with Crippen LogP contribution in [0, 0.1) is 5.92 Å². The molecule has 2 rings (SSSR count). The highest BCUT2D eigenvalue weighted by molar-refractivity contribution is 5.95. The van der Waals surface area contributed by atoms with Gasteiger partial charge in [0.2, 0.25) is 23.6 Å². The van der Waals surface area contributed by atoms with Gasteiger partial charge in [-0.1, -0.05) is 13.8 Å². The average Bonchev–Trinajstić information content (AvgIpc) is 3.35. The summed E-state index contributed by atoms with van der Waals surface area (Å²) in [6.07, 6.45) is 1.99. The van der Waals surface area contributed by atoms with E-state index in [1.807, 2.05) is 13.8 Å². The fraction of sp³-hybridized carbons (Fsp3) is 0.737. The van der Waals surface area contributed by atoms with Gasteiger partial charge >= 0.3 is 5.97 Å². The number of nitrogens with one attached hydrogen (secondary N) is 3. The van der Waals surface area contributed by atoms with Gasteiger partial charge in [-0.2, -0.15) is 0 Å². The third-order valence-electron chi connectivity index (χ3n) is 5.47. The van der Waals surface area contributed by atoms with Crippen molar-refractivity contribution in [1.82, 2.24) is 20.9 Å². The highest BCUT2D eigenvalue weighted by atomic mass is 16.4. The summed E-state index contributed by atoms with van der Waals surface area (Å²) in [6.45, 7) is 4.70. The monoisotopic (exact) mass is 425 g/mol. The lowest BCUT2D eigenvalue weighted by molar-refractivity contribution is -0.146. The van der Waals surface area contributed by atoms with Gasteiger partial charge in [0.15, 0.2) is 0 Å². The Morgan fingerprint density at radius 3 is 2.33 bits per heavy atom. The van der Waals surface area contributed by atoms with Gasteiger partial charge in [-0.25, -0.2) is 4.79 Å². The topological polar surface area (TPSA) is 171 Å². The molecule has 4 atom stereocenters. The number of carbonyl (C=O) groups excluding carboxylic acids is 4. The predicted molar refractivity (Wildman–Crippen MR) is 106 cm³/mol. The molecule has 0 bridgehead atoms. The van der Waals surface area contributed by atoms with Gasteiger partial charge in [-0.05, 0) is 38.1 Å². The molecule has 2 aliphatic heterocycles. The van der Waals surface area contributed by atoms with E-state index in [2.05, 4.69) is 16.0 Å². The molecule has 2 saturated heterocycles. The lowest BCUT2D eigenvalue weighted by atomic mass is 10.0. The van der Waals surface area contributed by atoms with Crippen LogP contribution in [0.25, 0.3) is 0 Å². The maximum Gasteiger partial charge on any atom is 0.326 e. The Morgan fingerprint density at radius 1 is 1.10 bits per heavy atom. The summed E-state index contributed by atoms with van der Waals surface area (Å²) in [6, 6.07) is -3.45. The molecule has 6 N–H and O–H groups in total. The van der Waals surface area contributed by atoms with Gasteiger partial charge in [0.25, 0.3) is 0 Å². The molecular formula is C19H31N5O6. The van der Waals surface area contributed by atoms with Crippen molar-refractivity contribution in [3.05, 3.63) is 0 Å². The van der Waals surface area contributed by atoms with Crippen LogP contribution in [0.15, 0.2) is 0 Å². The Morgan fingerprint density at radius 2 is 1.80 bits per heavy atom. The Balaban J connectivity index is 2.07. The first-order chi connectivity index (χ1) is 14.1. The summed E-state index contributed by atoms with van der Waals surface area (Å²) >= 11 is 0. The van der Waals surface area contributed by atoms with Crippen LogP contribution in [-0.4, -0.2) is 76.9 Å². The fourth-order valence-electron chi connectivity index (χ4n) is 3.83. The largest absolute Gasteiger partial charge is 0.480 e. The molecule has 0 saturated carbocycles. The molecule has 30 heavy (non-hydrogen) atoms. The number of hydrogen-bond acceptors (Lipinski definition) is 6. The van der Waals surface area contributed by atoms with Crippen LogP contribution >= 0.6 is 0 Å². The molecule has 11 nitrogen and oxygen atoms in total. The maximum atomic E-state index is 13.2. The van der Waals surface area contributed by atoms with E-state index < -0.39 is 42.3 Å². The first kappa shape index (κ1) is 23.6. The second-order valence-corrected chi connectivity index (χ2v) is 8.14. The number of likely N-dealkylation sites (tertiary alicyclic amines) is 1. The van der Waals surface area contributed by atoms with Crippen molar-refractivity contribution >= 4 is 29.6 Å². The van der Waals surface area contributed by atoms with Crippen LogP contribution in [0.5, 0.6) is 0 Å². The molecule has 0 aromatic rings. The molecule has 4 unspecified atom stereocenters. The second kappa shape index (κ2) is 10.4. The summed E-state index contributed by atoms with van der Waals surface area (Å²) in [5, 5.41) is 17.4. The fourth-order valence-corrected chi connectivity index (χ4v) is 3.83. The summed E-state index contributed by atoms with van der Waals surface area (Å²) in [5.41, 5.74) is 5.04.